The summed E-state index contributed by atoms with van der Waals surface area (Å²) >= 11 is 0. The number of amides is 1. The highest BCUT2D eigenvalue weighted by molar-refractivity contribution is 7.89. The molecule has 3 aromatic carbocycles. The van der Waals surface area contributed by atoms with Crippen molar-refractivity contribution in [2.24, 2.45) is 0 Å². The average Bonchev–Trinajstić information content (AvgIpc) is 2.77. The molecular formula is C24H24N2O3S. The van der Waals surface area contributed by atoms with Crippen LogP contribution in [0, 0.1) is 6.92 Å². The number of hydrogen-bond donors (Lipinski definition) is 1. The van der Waals surface area contributed by atoms with E-state index < -0.39 is 16.1 Å². The van der Waals surface area contributed by atoms with Crippen LogP contribution in [-0.4, -0.2) is 24.7 Å². The van der Waals surface area contributed by atoms with Crippen molar-refractivity contribution in [1.82, 2.24) is 9.62 Å². The molecule has 1 heterocycles. The van der Waals surface area contributed by atoms with E-state index in [-0.39, 0.29) is 17.3 Å². The summed E-state index contributed by atoms with van der Waals surface area (Å²) < 4.78 is 28.2. The fraction of sp³-hybridized carbons (Fsp3) is 0.208. The predicted octanol–water partition coefficient (Wildman–Crippen LogP) is 3.43. The van der Waals surface area contributed by atoms with Gasteiger partial charge in [0.2, 0.25) is 15.9 Å². The SMILES string of the molecule is Cc1ccc(S(=O)(=O)N2Cc3ccccc3C[C@@H]2C(=O)NCc2ccccc2)cc1. The molecule has 0 aliphatic carbocycles. The van der Waals surface area contributed by atoms with E-state index in [1.54, 1.807) is 24.3 Å². The Morgan fingerprint density at radius 3 is 2.27 bits per heavy atom. The molecule has 0 unspecified atom stereocenters. The molecule has 6 heteroatoms. The number of benzene rings is 3. The van der Waals surface area contributed by atoms with Crippen LogP contribution in [-0.2, 0) is 34.3 Å². The van der Waals surface area contributed by atoms with Gasteiger partial charge in [0.05, 0.1) is 4.90 Å². The zero-order valence-corrected chi connectivity index (χ0v) is 17.6. The molecule has 0 fully saturated rings. The summed E-state index contributed by atoms with van der Waals surface area (Å²) in [6, 6.07) is 23.2. The predicted molar refractivity (Wildman–Crippen MR) is 116 cm³/mol. The van der Waals surface area contributed by atoms with E-state index in [1.807, 2.05) is 61.5 Å². The molecule has 5 nitrogen and oxygen atoms in total. The molecular weight excluding hydrogens is 396 g/mol. The monoisotopic (exact) mass is 420 g/mol. The van der Waals surface area contributed by atoms with Gasteiger partial charge in [-0.2, -0.15) is 4.31 Å². The standard InChI is InChI=1S/C24H24N2O3S/c1-18-11-13-22(14-12-18)30(28,29)26-17-21-10-6-5-9-20(21)15-23(26)24(27)25-16-19-7-3-2-4-8-19/h2-14,23H,15-17H2,1H3,(H,25,27)/t23-/m1/s1. The third-order valence-corrected chi connectivity index (χ3v) is 7.31. The minimum absolute atomic E-state index is 0.176. The fourth-order valence-electron chi connectivity index (χ4n) is 3.72. The van der Waals surface area contributed by atoms with Gasteiger partial charge < -0.3 is 5.32 Å². The van der Waals surface area contributed by atoms with Crippen LogP contribution in [0.25, 0.3) is 0 Å². The number of nitrogens with one attached hydrogen (secondary N) is 1. The minimum atomic E-state index is -3.83. The van der Waals surface area contributed by atoms with Gasteiger partial charge >= 0.3 is 0 Å². The Morgan fingerprint density at radius 1 is 0.933 bits per heavy atom. The van der Waals surface area contributed by atoms with Crippen LogP contribution in [0.3, 0.4) is 0 Å². The Morgan fingerprint density at radius 2 is 1.57 bits per heavy atom. The third-order valence-electron chi connectivity index (χ3n) is 5.45. The molecule has 1 amide bonds. The zero-order valence-electron chi connectivity index (χ0n) is 16.8. The lowest BCUT2D eigenvalue weighted by Gasteiger charge is -2.35. The molecule has 4 rings (SSSR count). The second-order valence-corrected chi connectivity index (χ2v) is 9.45. The highest BCUT2D eigenvalue weighted by atomic mass is 32.2. The summed E-state index contributed by atoms with van der Waals surface area (Å²) in [5, 5.41) is 2.92. The largest absolute Gasteiger partial charge is 0.351 e. The molecule has 1 N–H and O–H groups in total. The van der Waals surface area contributed by atoms with E-state index in [0.717, 1.165) is 22.3 Å². The summed E-state index contributed by atoms with van der Waals surface area (Å²) in [4.78, 5) is 13.3. The maximum absolute atomic E-state index is 13.4. The number of sulfonamides is 1. The van der Waals surface area contributed by atoms with Crippen LogP contribution in [0.2, 0.25) is 0 Å². The van der Waals surface area contributed by atoms with Crippen molar-refractivity contribution in [2.75, 3.05) is 0 Å². The number of hydrogen-bond acceptors (Lipinski definition) is 3. The summed E-state index contributed by atoms with van der Waals surface area (Å²) in [5.74, 6) is -0.288. The fourth-order valence-corrected chi connectivity index (χ4v) is 5.29. The van der Waals surface area contributed by atoms with Crippen molar-refractivity contribution in [1.29, 1.82) is 0 Å². The summed E-state index contributed by atoms with van der Waals surface area (Å²) in [6.07, 6.45) is 0.349. The van der Waals surface area contributed by atoms with Gasteiger partial charge in [-0.1, -0.05) is 72.3 Å². The Labute approximate surface area is 177 Å². The number of fused-ring (bicyclic) bond motifs is 1. The zero-order chi connectivity index (χ0) is 21.1. The van der Waals surface area contributed by atoms with Gasteiger partial charge in [-0.15, -0.1) is 0 Å². The van der Waals surface area contributed by atoms with Crippen molar-refractivity contribution in [2.45, 2.75) is 37.4 Å². The van der Waals surface area contributed by atoms with Crippen LogP contribution in [0.15, 0.2) is 83.8 Å². The van der Waals surface area contributed by atoms with Crippen molar-refractivity contribution in [3.05, 3.63) is 101 Å². The van der Waals surface area contributed by atoms with Crippen LogP contribution >= 0.6 is 0 Å². The quantitative estimate of drug-likeness (QED) is 0.688. The molecule has 1 aliphatic heterocycles. The lowest BCUT2D eigenvalue weighted by molar-refractivity contribution is -0.125. The minimum Gasteiger partial charge on any atom is -0.351 e. The van der Waals surface area contributed by atoms with Crippen molar-refractivity contribution < 1.29 is 13.2 Å². The van der Waals surface area contributed by atoms with Crippen LogP contribution in [0.4, 0.5) is 0 Å². The van der Waals surface area contributed by atoms with Gasteiger partial charge in [-0.3, -0.25) is 4.79 Å². The molecule has 0 spiro atoms. The number of carbonyl (C=O) groups is 1. The van der Waals surface area contributed by atoms with E-state index in [4.69, 9.17) is 0 Å². The highest BCUT2D eigenvalue weighted by Gasteiger charge is 2.39. The lowest BCUT2D eigenvalue weighted by atomic mass is 9.95. The van der Waals surface area contributed by atoms with E-state index in [2.05, 4.69) is 5.32 Å². The molecule has 0 saturated heterocycles. The van der Waals surface area contributed by atoms with Crippen LogP contribution in [0.5, 0.6) is 0 Å². The van der Waals surface area contributed by atoms with Gasteiger partial charge in [-0.25, -0.2) is 8.42 Å². The van der Waals surface area contributed by atoms with Crippen molar-refractivity contribution >= 4 is 15.9 Å². The van der Waals surface area contributed by atoms with E-state index >= 15 is 0 Å². The van der Waals surface area contributed by atoms with E-state index in [9.17, 15) is 13.2 Å². The Balaban J connectivity index is 1.65. The van der Waals surface area contributed by atoms with Gasteiger partial charge in [-0.05, 0) is 42.2 Å². The van der Waals surface area contributed by atoms with Gasteiger partial charge in [0.15, 0.2) is 0 Å². The first kappa shape index (κ1) is 20.3. The summed E-state index contributed by atoms with van der Waals surface area (Å²) in [6.45, 7) is 2.44. The molecule has 3 aromatic rings. The molecule has 30 heavy (non-hydrogen) atoms. The molecule has 154 valence electrons. The average molecular weight is 421 g/mol. The number of rotatable bonds is 5. The summed E-state index contributed by atoms with van der Waals surface area (Å²) in [7, 11) is -3.83. The first-order chi connectivity index (χ1) is 14.4. The number of aryl methyl sites for hydroxylation is 1. The second kappa shape index (κ2) is 8.42. The Bertz CT molecular complexity index is 1140. The first-order valence-electron chi connectivity index (χ1n) is 9.92. The third kappa shape index (κ3) is 4.15. The van der Waals surface area contributed by atoms with Crippen LogP contribution in [0.1, 0.15) is 22.3 Å². The number of carbonyl (C=O) groups excluding carboxylic acids is 1. The van der Waals surface area contributed by atoms with Crippen LogP contribution < -0.4 is 5.32 Å². The smallest absolute Gasteiger partial charge is 0.244 e. The maximum Gasteiger partial charge on any atom is 0.244 e. The van der Waals surface area contributed by atoms with Crippen molar-refractivity contribution in [3.63, 3.8) is 0 Å². The second-order valence-electron chi connectivity index (χ2n) is 7.56. The van der Waals surface area contributed by atoms with Crippen molar-refractivity contribution in [3.8, 4) is 0 Å². The first-order valence-corrected chi connectivity index (χ1v) is 11.4. The summed E-state index contributed by atoms with van der Waals surface area (Å²) in [5.41, 5.74) is 3.89. The molecule has 0 radical (unpaired) electrons. The molecule has 0 aromatic heterocycles. The number of nitrogens with zero attached hydrogens (tertiary/aromatic N) is 1. The van der Waals surface area contributed by atoms with Gasteiger partial charge in [0.1, 0.15) is 6.04 Å². The maximum atomic E-state index is 13.4. The van der Waals surface area contributed by atoms with Gasteiger partial charge in [0.25, 0.3) is 0 Å². The molecule has 1 atom stereocenters. The van der Waals surface area contributed by atoms with Gasteiger partial charge in [0, 0.05) is 13.1 Å². The highest BCUT2D eigenvalue weighted by Crippen LogP contribution is 2.29. The van der Waals surface area contributed by atoms with E-state index in [1.165, 1.54) is 4.31 Å². The molecule has 1 aliphatic rings. The molecule has 0 bridgehead atoms. The van der Waals surface area contributed by atoms with E-state index in [0.29, 0.717) is 13.0 Å². The normalized spacial score (nSPS) is 16.6. The molecule has 0 saturated carbocycles. The topological polar surface area (TPSA) is 66.5 Å². The lowest BCUT2D eigenvalue weighted by Crippen LogP contribution is -2.52. The Kier molecular flexibility index (Phi) is 5.70. The Hall–Kier alpha value is -2.96.